The van der Waals surface area contributed by atoms with E-state index < -0.39 is 0 Å². The molecular weight excluding hydrogens is 451 g/mol. The molecule has 1 aromatic heterocycles. The van der Waals surface area contributed by atoms with Gasteiger partial charge in [0.25, 0.3) is 5.91 Å². The number of amides is 1. The van der Waals surface area contributed by atoms with Gasteiger partial charge in [0.1, 0.15) is 17.8 Å². The summed E-state index contributed by atoms with van der Waals surface area (Å²) in [6.45, 7) is 6.05. The molecule has 1 fully saturated rings. The molecule has 0 spiro atoms. The van der Waals surface area contributed by atoms with Crippen LogP contribution in [0.4, 0.5) is 4.39 Å². The Morgan fingerprint density at radius 3 is 2.66 bits per heavy atom. The van der Waals surface area contributed by atoms with Gasteiger partial charge >= 0.3 is 0 Å². The van der Waals surface area contributed by atoms with Crippen LogP contribution in [0.25, 0.3) is 0 Å². The molecule has 186 valence electrons. The lowest BCUT2D eigenvalue weighted by Gasteiger charge is -2.26. The van der Waals surface area contributed by atoms with E-state index in [1.165, 1.54) is 18.4 Å². The van der Waals surface area contributed by atoms with Gasteiger partial charge in [-0.05, 0) is 35.4 Å². The van der Waals surface area contributed by atoms with Gasteiger partial charge in [0.15, 0.2) is 5.69 Å². The van der Waals surface area contributed by atoms with Crippen molar-refractivity contribution in [2.45, 2.75) is 19.6 Å². The molecule has 1 aliphatic heterocycles. The Hall–Kier alpha value is -3.27. The van der Waals surface area contributed by atoms with Crippen molar-refractivity contribution >= 4 is 5.91 Å². The summed E-state index contributed by atoms with van der Waals surface area (Å²) in [6, 6.07) is 14.2. The van der Waals surface area contributed by atoms with Crippen molar-refractivity contribution in [3.63, 3.8) is 0 Å². The Balaban J connectivity index is 1.38. The fourth-order valence-electron chi connectivity index (χ4n) is 3.97. The number of methoxy groups -OCH3 is 1. The van der Waals surface area contributed by atoms with Crippen molar-refractivity contribution < 1.29 is 23.1 Å². The summed E-state index contributed by atoms with van der Waals surface area (Å²) >= 11 is 0. The number of hydrogen-bond donors (Lipinski definition) is 1. The van der Waals surface area contributed by atoms with E-state index in [1.54, 1.807) is 19.2 Å². The van der Waals surface area contributed by atoms with E-state index >= 15 is 0 Å². The molecule has 4 rings (SSSR count). The van der Waals surface area contributed by atoms with Crippen LogP contribution in [-0.2, 0) is 24.4 Å². The van der Waals surface area contributed by atoms with Crippen LogP contribution in [0.1, 0.15) is 27.5 Å². The third-order valence-electron chi connectivity index (χ3n) is 5.82. The molecule has 0 bridgehead atoms. The van der Waals surface area contributed by atoms with Crippen LogP contribution in [0.3, 0.4) is 0 Å². The minimum absolute atomic E-state index is 0.255. The summed E-state index contributed by atoms with van der Waals surface area (Å²) in [7, 11) is 1.63. The van der Waals surface area contributed by atoms with Gasteiger partial charge in [-0.25, -0.2) is 9.37 Å². The average molecular weight is 483 g/mol. The molecule has 1 saturated heterocycles. The molecule has 1 aliphatic rings. The number of halogens is 1. The van der Waals surface area contributed by atoms with Crippen molar-refractivity contribution in [3.8, 4) is 5.75 Å². The summed E-state index contributed by atoms with van der Waals surface area (Å²) in [5, 5.41) is 2.90. The lowest BCUT2D eigenvalue weighted by atomic mass is 10.1. The minimum Gasteiger partial charge on any atom is -0.497 e. The van der Waals surface area contributed by atoms with Crippen molar-refractivity contribution in [1.29, 1.82) is 0 Å². The molecule has 0 unspecified atom stereocenters. The second-order valence-corrected chi connectivity index (χ2v) is 8.46. The standard InChI is InChI=1S/C26H31FN4O4/c1-33-23-4-2-3-21(15-23)17-31(16-20-5-7-22(27)8-6-20)18-25-29-24(19-35-25)26(32)28-9-10-30-11-13-34-14-12-30/h2-8,15,19H,9-14,16-18H2,1H3,(H,28,32). The van der Waals surface area contributed by atoms with Gasteiger partial charge in [0, 0.05) is 39.3 Å². The predicted molar refractivity (Wildman–Crippen MR) is 128 cm³/mol. The van der Waals surface area contributed by atoms with Crippen LogP contribution in [-0.4, -0.2) is 67.2 Å². The zero-order chi connectivity index (χ0) is 24.5. The summed E-state index contributed by atoms with van der Waals surface area (Å²) < 4.78 is 29.7. The second kappa shape index (κ2) is 12.4. The summed E-state index contributed by atoms with van der Waals surface area (Å²) in [5.41, 5.74) is 2.27. The van der Waals surface area contributed by atoms with Gasteiger partial charge in [-0.3, -0.25) is 14.6 Å². The largest absolute Gasteiger partial charge is 0.497 e. The number of rotatable bonds is 11. The molecule has 0 aliphatic carbocycles. The van der Waals surface area contributed by atoms with Crippen LogP contribution in [0, 0.1) is 5.82 Å². The van der Waals surface area contributed by atoms with Gasteiger partial charge in [0.2, 0.25) is 5.89 Å². The third-order valence-corrected chi connectivity index (χ3v) is 5.82. The van der Waals surface area contributed by atoms with Crippen LogP contribution < -0.4 is 10.1 Å². The van der Waals surface area contributed by atoms with Crippen molar-refractivity contribution in [2.24, 2.45) is 0 Å². The molecule has 2 heterocycles. The molecule has 3 aromatic rings. The number of morpholine rings is 1. The van der Waals surface area contributed by atoms with Crippen LogP contribution in [0.2, 0.25) is 0 Å². The monoisotopic (exact) mass is 482 g/mol. The quantitative estimate of drug-likeness (QED) is 0.450. The van der Waals surface area contributed by atoms with E-state index in [-0.39, 0.29) is 17.4 Å². The summed E-state index contributed by atoms with van der Waals surface area (Å²) in [5.74, 6) is 0.681. The molecular formula is C26H31FN4O4. The van der Waals surface area contributed by atoms with Gasteiger partial charge < -0.3 is 19.2 Å². The zero-order valence-corrected chi connectivity index (χ0v) is 19.9. The highest BCUT2D eigenvalue weighted by atomic mass is 19.1. The van der Waals surface area contributed by atoms with Crippen LogP contribution in [0.5, 0.6) is 5.75 Å². The van der Waals surface area contributed by atoms with E-state index in [9.17, 15) is 9.18 Å². The Bertz CT molecular complexity index is 1080. The minimum atomic E-state index is -0.273. The predicted octanol–water partition coefficient (Wildman–Crippen LogP) is 3.09. The van der Waals surface area contributed by atoms with E-state index in [4.69, 9.17) is 13.9 Å². The number of nitrogens with zero attached hydrogens (tertiary/aromatic N) is 3. The van der Waals surface area contributed by atoms with Crippen molar-refractivity contribution in [1.82, 2.24) is 20.1 Å². The lowest BCUT2D eigenvalue weighted by molar-refractivity contribution is 0.0383. The number of nitrogens with one attached hydrogen (secondary N) is 1. The first-order valence-corrected chi connectivity index (χ1v) is 11.7. The third kappa shape index (κ3) is 7.61. The van der Waals surface area contributed by atoms with Gasteiger partial charge in [-0.2, -0.15) is 0 Å². The molecule has 0 radical (unpaired) electrons. The van der Waals surface area contributed by atoms with E-state index in [0.717, 1.165) is 49.7 Å². The zero-order valence-electron chi connectivity index (χ0n) is 19.9. The lowest BCUT2D eigenvalue weighted by Crippen LogP contribution is -2.41. The van der Waals surface area contributed by atoms with E-state index in [0.29, 0.717) is 32.1 Å². The molecule has 0 saturated carbocycles. The summed E-state index contributed by atoms with van der Waals surface area (Å²) in [4.78, 5) is 21.3. The molecule has 1 amide bonds. The highest BCUT2D eigenvalue weighted by Gasteiger charge is 2.17. The van der Waals surface area contributed by atoms with Gasteiger partial charge in [-0.1, -0.05) is 24.3 Å². The van der Waals surface area contributed by atoms with E-state index in [1.807, 2.05) is 24.3 Å². The molecule has 35 heavy (non-hydrogen) atoms. The topological polar surface area (TPSA) is 80.1 Å². The Morgan fingerprint density at radius 1 is 1.11 bits per heavy atom. The number of hydrogen-bond acceptors (Lipinski definition) is 7. The maximum Gasteiger partial charge on any atom is 0.273 e. The van der Waals surface area contributed by atoms with Crippen molar-refractivity contribution in [3.05, 3.63) is 83.3 Å². The number of oxazole rings is 1. The maximum absolute atomic E-state index is 13.4. The smallest absolute Gasteiger partial charge is 0.273 e. The Kier molecular flexibility index (Phi) is 8.83. The first-order valence-electron chi connectivity index (χ1n) is 11.7. The fraction of sp³-hybridized carbons (Fsp3) is 0.385. The molecule has 9 heteroatoms. The second-order valence-electron chi connectivity index (χ2n) is 8.46. The number of ether oxygens (including phenoxy) is 2. The highest BCUT2D eigenvalue weighted by Crippen LogP contribution is 2.18. The first kappa shape index (κ1) is 24.8. The van der Waals surface area contributed by atoms with Gasteiger partial charge in [-0.15, -0.1) is 0 Å². The number of carbonyl (C=O) groups excluding carboxylic acids is 1. The number of aromatic nitrogens is 1. The van der Waals surface area contributed by atoms with Crippen molar-refractivity contribution in [2.75, 3.05) is 46.5 Å². The fourth-order valence-corrected chi connectivity index (χ4v) is 3.97. The average Bonchev–Trinajstić information content (AvgIpc) is 3.35. The number of carbonyl (C=O) groups is 1. The van der Waals surface area contributed by atoms with Crippen LogP contribution >= 0.6 is 0 Å². The van der Waals surface area contributed by atoms with Crippen LogP contribution in [0.15, 0.2) is 59.2 Å². The molecule has 8 nitrogen and oxygen atoms in total. The number of benzene rings is 2. The normalized spacial score (nSPS) is 14.3. The SMILES string of the molecule is COc1cccc(CN(Cc2ccc(F)cc2)Cc2nc(C(=O)NCCN3CCOCC3)co2)c1. The van der Waals surface area contributed by atoms with E-state index in [2.05, 4.69) is 20.1 Å². The molecule has 1 N–H and O–H groups in total. The Labute approximate surface area is 204 Å². The molecule has 0 atom stereocenters. The Morgan fingerprint density at radius 2 is 1.89 bits per heavy atom. The summed E-state index contributed by atoms with van der Waals surface area (Å²) in [6.07, 6.45) is 1.39. The first-order chi connectivity index (χ1) is 17.1. The molecule has 2 aromatic carbocycles. The maximum atomic E-state index is 13.4. The highest BCUT2D eigenvalue weighted by molar-refractivity contribution is 5.91. The van der Waals surface area contributed by atoms with Gasteiger partial charge in [0.05, 0.1) is 26.9 Å².